The number of aliphatic imine (C=N–C) groups is 1. The predicted molar refractivity (Wildman–Crippen MR) is 121 cm³/mol. The number of allylic oxidation sites excluding steroid dienone is 1. The summed E-state index contributed by atoms with van der Waals surface area (Å²) in [5, 5.41) is 0.734. The molecule has 2 heterocycles. The molecule has 1 aliphatic carbocycles. The van der Waals surface area contributed by atoms with Crippen LogP contribution < -0.4 is 5.73 Å². The number of aromatic nitrogens is 1. The zero-order valence-corrected chi connectivity index (χ0v) is 17.7. The Morgan fingerprint density at radius 1 is 1.17 bits per heavy atom. The Bertz CT molecular complexity index is 992. The van der Waals surface area contributed by atoms with Gasteiger partial charge >= 0.3 is 0 Å². The van der Waals surface area contributed by atoms with E-state index in [-0.39, 0.29) is 11.9 Å². The number of carbonyl (C=O) groups is 1. The number of anilines is 1. The van der Waals surface area contributed by atoms with Crippen molar-refractivity contribution >= 4 is 39.9 Å². The number of amides is 1. The smallest absolute Gasteiger partial charge is 0.267 e. The maximum Gasteiger partial charge on any atom is 0.267 e. The number of nitrogen functional groups attached to an aromatic ring is 1. The van der Waals surface area contributed by atoms with Crippen LogP contribution in [-0.2, 0) is 4.79 Å². The molecule has 2 aliphatic rings. The molecule has 0 spiro atoms. The number of aryl methyl sites for hydroxylation is 1. The molecule has 2 fully saturated rings. The van der Waals surface area contributed by atoms with E-state index in [2.05, 4.69) is 4.98 Å². The van der Waals surface area contributed by atoms with Crippen LogP contribution in [0.25, 0.3) is 5.57 Å². The molecule has 4 rings (SSSR count). The summed E-state index contributed by atoms with van der Waals surface area (Å²) in [7, 11) is 0. The molecule has 0 atom stereocenters. The summed E-state index contributed by atoms with van der Waals surface area (Å²) in [6.07, 6.45) is 5.60. The van der Waals surface area contributed by atoms with E-state index < -0.39 is 0 Å². The Labute approximate surface area is 176 Å². The van der Waals surface area contributed by atoms with Crippen molar-refractivity contribution < 1.29 is 4.79 Å². The van der Waals surface area contributed by atoms with Gasteiger partial charge in [-0.2, -0.15) is 0 Å². The number of amidine groups is 1. The minimum Gasteiger partial charge on any atom is -0.399 e. The fraction of sp³-hybridized carbons (Fsp3) is 0.348. The Morgan fingerprint density at radius 3 is 2.66 bits per heavy atom. The number of hydrogen-bond acceptors (Lipinski definition) is 5. The molecule has 0 radical (unpaired) electrons. The van der Waals surface area contributed by atoms with E-state index in [4.69, 9.17) is 10.7 Å². The van der Waals surface area contributed by atoms with Gasteiger partial charge in [0.2, 0.25) is 0 Å². The van der Waals surface area contributed by atoms with Crippen LogP contribution in [0.2, 0.25) is 0 Å². The van der Waals surface area contributed by atoms with Gasteiger partial charge in [-0.15, -0.1) is 0 Å². The monoisotopic (exact) mass is 406 g/mol. The summed E-state index contributed by atoms with van der Waals surface area (Å²) < 4.78 is 0. The molecule has 1 amide bonds. The van der Waals surface area contributed by atoms with Crippen LogP contribution in [0.1, 0.15) is 50.3 Å². The number of pyridine rings is 1. The largest absolute Gasteiger partial charge is 0.399 e. The van der Waals surface area contributed by atoms with Gasteiger partial charge < -0.3 is 5.73 Å². The zero-order chi connectivity index (χ0) is 20.4. The molecule has 1 aliphatic heterocycles. The average molecular weight is 407 g/mol. The van der Waals surface area contributed by atoms with E-state index in [1.54, 1.807) is 0 Å². The first-order valence-electron chi connectivity index (χ1n) is 10.1. The molecule has 150 valence electrons. The molecule has 1 aromatic carbocycles. The summed E-state index contributed by atoms with van der Waals surface area (Å²) >= 11 is 1.46. The molecule has 29 heavy (non-hydrogen) atoms. The maximum atomic E-state index is 13.5. The quantitative estimate of drug-likeness (QED) is 0.555. The summed E-state index contributed by atoms with van der Waals surface area (Å²) in [4.78, 5) is 25.4. The molecule has 1 aromatic heterocycles. The van der Waals surface area contributed by atoms with Crippen molar-refractivity contribution in [3.05, 3.63) is 58.6 Å². The lowest BCUT2D eigenvalue weighted by Crippen LogP contribution is -2.40. The summed E-state index contributed by atoms with van der Waals surface area (Å²) in [6, 6.07) is 13.7. The van der Waals surface area contributed by atoms with Gasteiger partial charge in [0.1, 0.15) is 0 Å². The van der Waals surface area contributed by atoms with Gasteiger partial charge in [0.05, 0.1) is 4.91 Å². The highest BCUT2D eigenvalue weighted by Crippen LogP contribution is 2.41. The van der Waals surface area contributed by atoms with E-state index >= 15 is 0 Å². The minimum absolute atomic E-state index is 0.0493. The lowest BCUT2D eigenvalue weighted by atomic mass is 9.94. The van der Waals surface area contributed by atoms with E-state index in [0.717, 1.165) is 52.6 Å². The molecule has 6 heteroatoms. The maximum absolute atomic E-state index is 13.5. The predicted octanol–water partition coefficient (Wildman–Crippen LogP) is 5.30. The lowest BCUT2D eigenvalue weighted by molar-refractivity contribution is -0.124. The second kappa shape index (κ2) is 8.41. The first-order chi connectivity index (χ1) is 14.0. The van der Waals surface area contributed by atoms with Crippen molar-refractivity contribution in [3.63, 3.8) is 0 Å². The normalized spacial score (nSPS) is 21.1. The molecule has 2 N–H and O–H groups in total. The van der Waals surface area contributed by atoms with Crippen LogP contribution in [0.4, 0.5) is 11.5 Å². The van der Waals surface area contributed by atoms with Crippen molar-refractivity contribution in [1.82, 2.24) is 9.88 Å². The highest BCUT2D eigenvalue weighted by molar-refractivity contribution is 8.18. The summed E-state index contributed by atoms with van der Waals surface area (Å²) in [6.45, 7) is 3.94. The van der Waals surface area contributed by atoms with Crippen LogP contribution in [0, 0.1) is 6.92 Å². The first-order valence-corrected chi connectivity index (χ1v) is 10.9. The fourth-order valence-electron chi connectivity index (χ4n) is 3.95. The van der Waals surface area contributed by atoms with E-state index in [0.29, 0.717) is 11.5 Å². The minimum atomic E-state index is 0.0493. The zero-order valence-electron chi connectivity index (χ0n) is 16.9. The molecular weight excluding hydrogens is 380 g/mol. The molecule has 2 aromatic rings. The number of carbonyl (C=O) groups excluding carboxylic acids is 1. The lowest BCUT2D eigenvalue weighted by Gasteiger charge is -2.30. The third kappa shape index (κ3) is 4.22. The van der Waals surface area contributed by atoms with Gasteiger partial charge in [0.25, 0.3) is 5.91 Å². The van der Waals surface area contributed by atoms with Gasteiger partial charge in [-0.3, -0.25) is 9.69 Å². The van der Waals surface area contributed by atoms with Crippen LogP contribution in [0.3, 0.4) is 0 Å². The first kappa shape index (κ1) is 19.7. The second-order valence-electron chi connectivity index (χ2n) is 7.68. The second-order valence-corrected chi connectivity index (χ2v) is 8.66. The summed E-state index contributed by atoms with van der Waals surface area (Å²) in [5.41, 5.74) is 9.48. The Balaban J connectivity index is 1.76. The van der Waals surface area contributed by atoms with Gasteiger partial charge in [-0.25, -0.2) is 9.98 Å². The number of thioether (sulfide) groups is 1. The van der Waals surface area contributed by atoms with E-state index in [9.17, 15) is 4.79 Å². The van der Waals surface area contributed by atoms with Crippen LogP contribution in [-0.4, -0.2) is 27.0 Å². The number of nitrogens with two attached hydrogens (primary N) is 1. The Hall–Kier alpha value is -2.60. The van der Waals surface area contributed by atoms with Crippen molar-refractivity contribution in [2.45, 2.75) is 52.0 Å². The third-order valence-corrected chi connectivity index (χ3v) is 6.65. The number of hydrogen-bond donors (Lipinski definition) is 1. The van der Waals surface area contributed by atoms with Gasteiger partial charge in [0.15, 0.2) is 11.0 Å². The highest BCUT2D eigenvalue weighted by Gasteiger charge is 2.39. The van der Waals surface area contributed by atoms with E-state index in [1.807, 2.05) is 61.2 Å². The van der Waals surface area contributed by atoms with Crippen LogP contribution in [0.5, 0.6) is 0 Å². The Morgan fingerprint density at radius 2 is 1.93 bits per heavy atom. The van der Waals surface area contributed by atoms with Crippen LogP contribution >= 0.6 is 11.8 Å². The fourth-order valence-corrected chi connectivity index (χ4v) is 5.06. The number of rotatable bonds is 3. The van der Waals surface area contributed by atoms with E-state index in [1.165, 1.54) is 18.2 Å². The highest BCUT2D eigenvalue weighted by atomic mass is 32.2. The molecule has 1 saturated heterocycles. The van der Waals surface area contributed by atoms with Gasteiger partial charge in [-0.05, 0) is 73.9 Å². The standard InChI is InChI=1S/C23H26N4OS/c1-15-8-6-13-20(25-15)26-23-27(19-11-4-3-5-12-19)22(28)21(29-23)16(2)17-9-7-10-18(24)14-17/h6-10,13-14,19H,3-5,11-12,24H2,1-2H3/b21-16-,26-23+. The summed E-state index contributed by atoms with van der Waals surface area (Å²) in [5.74, 6) is 0.692. The van der Waals surface area contributed by atoms with Crippen molar-refractivity contribution in [3.8, 4) is 0 Å². The molecule has 0 unspecified atom stereocenters. The van der Waals surface area contributed by atoms with Crippen LogP contribution in [0.15, 0.2) is 52.4 Å². The SMILES string of the molecule is C/C(=C1/S/C(=N/c2cccc(C)n2)N(C2CCCCC2)C1=O)c1cccc(N)c1. The van der Waals surface area contributed by atoms with Crippen molar-refractivity contribution in [2.24, 2.45) is 4.99 Å². The number of benzene rings is 1. The third-order valence-electron chi connectivity index (χ3n) is 5.50. The molecule has 1 saturated carbocycles. The van der Waals surface area contributed by atoms with Crippen molar-refractivity contribution in [2.75, 3.05) is 5.73 Å². The van der Waals surface area contributed by atoms with Gasteiger partial charge in [-0.1, -0.05) is 37.5 Å². The average Bonchev–Trinajstić information content (AvgIpc) is 3.04. The molecular formula is C23H26N4OS. The van der Waals surface area contributed by atoms with Crippen molar-refractivity contribution in [1.29, 1.82) is 0 Å². The Kier molecular flexibility index (Phi) is 5.72. The topological polar surface area (TPSA) is 71.6 Å². The van der Waals surface area contributed by atoms with Gasteiger partial charge in [0, 0.05) is 17.4 Å². The molecule has 5 nitrogen and oxygen atoms in total. The number of nitrogens with zero attached hydrogens (tertiary/aromatic N) is 3. The molecule has 0 bridgehead atoms.